The van der Waals surface area contributed by atoms with E-state index in [1.807, 2.05) is 48.5 Å². The standard InChI is InChI=1S/C27H23FO3/c1-2-31-26(30)16-5-18-3-6-20(7-4-18)27-24(19-8-11-22(28)12-9-19)14-10-21-17-23(29)13-15-25(21)27/h3-9,11-13,15-17,29H,2,10,14H2,1H3. The number of benzene rings is 3. The van der Waals surface area contributed by atoms with Gasteiger partial charge in [-0.25, -0.2) is 9.18 Å². The summed E-state index contributed by atoms with van der Waals surface area (Å²) in [5.74, 6) is -0.374. The van der Waals surface area contributed by atoms with Crippen LogP contribution in [0.2, 0.25) is 0 Å². The van der Waals surface area contributed by atoms with Gasteiger partial charge in [-0.3, -0.25) is 0 Å². The zero-order valence-corrected chi connectivity index (χ0v) is 17.3. The van der Waals surface area contributed by atoms with Crippen molar-refractivity contribution in [2.75, 3.05) is 6.61 Å². The zero-order valence-electron chi connectivity index (χ0n) is 17.3. The fourth-order valence-electron chi connectivity index (χ4n) is 3.96. The first-order valence-electron chi connectivity index (χ1n) is 10.3. The van der Waals surface area contributed by atoms with E-state index in [0.717, 1.165) is 51.8 Å². The SMILES string of the molecule is CCOC(=O)C=Cc1ccc(C2=C(c3ccc(F)cc3)CCc3cc(O)ccc32)cc1. The summed E-state index contributed by atoms with van der Waals surface area (Å²) in [6.45, 7) is 2.12. The van der Waals surface area contributed by atoms with Crippen molar-refractivity contribution in [2.45, 2.75) is 19.8 Å². The van der Waals surface area contributed by atoms with Gasteiger partial charge >= 0.3 is 5.97 Å². The van der Waals surface area contributed by atoms with E-state index in [1.54, 1.807) is 19.1 Å². The van der Waals surface area contributed by atoms with Crippen LogP contribution in [0.4, 0.5) is 4.39 Å². The minimum absolute atomic E-state index is 0.253. The molecule has 1 aliphatic rings. The molecule has 0 aliphatic heterocycles. The molecule has 156 valence electrons. The third kappa shape index (κ3) is 4.58. The molecule has 1 aliphatic carbocycles. The number of esters is 1. The lowest BCUT2D eigenvalue weighted by molar-refractivity contribution is -0.137. The van der Waals surface area contributed by atoms with Crippen LogP contribution in [0.3, 0.4) is 0 Å². The van der Waals surface area contributed by atoms with Crippen molar-refractivity contribution >= 4 is 23.2 Å². The smallest absolute Gasteiger partial charge is 0.330 e. The van der Waals surface area contributed by atoms with Crippen LogP contribution in [0.1, 0.15) is 41.2 Å². The van der Waals surface area contributed by atoms with Crippen LogP contribution in [0.25, 0.3) is 17.2 Å². The summed E-state index contributed by atoms with van der Waals surface area (Å²) in [5, 5.41) is 9.93. The van der Waals surface area contributed by atoms with Gasteiger partial charge in [-0.1, -0.05) is 42.5 Å². The summed E-state index contributed by atoms with van der Waals surface area (Å²) in [4.78, 5) is 11.6. The molecule has 0 spiro atoms. The summed E-state index contributed by atoms with van der Waals surface area (Å²) in [7, 11) is 0. The molecular weight excluding hydrogens is 391 g/mol. The van der Waals surface area contributed by atoms with Gasteiger partial charge in [-0.15, -0.1) is 0 Å². The molecule has 0 bridgehead atoms. The molecular formula is C27H23FO3. The third-order valence-corrected chi connectivity index (χ3v) is 5.39. The maximum absolute atomic E-state index is 13.5. The van der Waals surface area contributed by atoms with Crippen molar-refractivity contribution in [1.82, 2.24) is 0 Å². The molecule has 0 saturated carbocycles. The molecule has 0 fully saturated rings. The van der Waals surface area contributed by atoms with Gasteiger partial charge in [0, 0.05) is 6.08 Å². The van der Waals surface area contributed by atoms with E-state index in [0.29, 0.717) is 6.61 Å². The molecule has 3 aromatic rings. The fraction of sp³-hybridized carbons (Fsp3) is 0.148. The number of aromatic hydroxyl groups is 1. The molecule has 3 nitrogen and oxygen atoms in total. The largest absolute Gasteiger partial charge is 0.508 e. The maximum Gasteiger partial charge on any atom is 0.330 e. The predicted molar refractivity (Wildman–Crippen MR) is 121 cm³/mol. The molecule has 0 aromatic heterocycles. The van der Waals surface area contributed by atoms with Gasteiger partial charge in [-0.05, 0) is 89.1 Å². The average molecular weight is 414 g/mol. The Morgan fingerprint density at radius 1 is 1.00 bits per heavy atom. The van der Waals surface area contributed by atoms with E-state index in [-0.39, 0.29) is 17.5 Å². The average Bonchev–Trinajstić information content (AvgIpc) is 2.78. The molecule has 0 saturated heterocycles. The zero-order chi connectivity index (χ0) is 21.8. The Labute approximate surface area is 181 Å². The van der Waals surface area contributed by atoms with Gasteiger partial charge in [-0.2, -0.15) is 0 Å². The predicted octanol–water partition coefficient (Wildman–Crippen LogP) is 6.01. The Balaban J connectivity index is 1.77. The normalized spacial score (nSPS) is 13.4. The van der Waals surface area contributed by atoms with Gasteiger partial charge in [0.05, 0.1) is 6.61 Å². The number of phenols is 1. The Morgan fingerprint density at radius 3 is 2.42 bits per heavy atom. The number of phenolic OH excluding ortho intramolecular Hbond substituents is 1. The van der Waals surface area contributed by atoms with Gasteiger partial charge in [0.1, 0.15) is 11.6 Å². The van der Waals surface area contributed by atoms with E-state index < -0.39 is 0 Å². The Bertz CT molecular complexity index is 1160. The van der Waals surface area contributed by atoms with Crippen LogP contribution in [0, 0.1) is 5.82 Å². The van der Waals surface area contributed by atoms with Crippen molar-refractivity contribution in [1.29, 1.82) is 0 Å². The quantitative estimate of drug-likeness (QED) is 0.411. The number of halogens is 1. The van der Waals surface area contributed by atoms with E-state index >= 15 is 0 Å². The monoisotopic (exact) mass is 414 g/mol. The highest BCUT2D eigenvalue weighted by atomic mass is 19.1. The first kappa shape index (κ1) is 20.6. The van der Waals surface area contributed by atoms with Crippen LogP contribution < -0.4 is 0 Å². The van der Waals surface area contributed by atoms with Crippen molar-refractivity contribution in [2.24, 2.45) is 0 Å². The van der Waals surface area contributed by atoms with Crippen LogP contribution in [-0.2, 0) is 16.0 Å². The van der Waals surface area contributed by atoms with Crippen molar-refractivity contribution < 1.29 is 19.0 Å². The maximum atomic E-state index is 13.5. The van der Waals surface area contributed by atoms with Gasteiger partial charge < -0.3 is 9.84 Å². The Morgan fingerprint density at radius 2 is 1.71 bits per heavy atom. The van der Waals surface area contributed by atoms with E-state index in [1.165, 1.54) is 18.2 Å². The first-order valence-corrected chi connectivity index (χ1v) is 10.3. The lowest BCUT2D eigenvalue weighted by Gasteiger charge is -2.25. The van der Waals surface area contributed by atoms with Crippen LogP contribution in [-0.4, -0.2) is 17.7 Å². The Kier molecular flexibility index (Phi) is 5.99. The van der Waals surface area contributed by atoms with E-state index in [2.05, 4.69) is 0 Å². The lowest BCUT2D eigenvalue weighted by Crippen LogP contribution is -2.06. The van der Waals surface area contributed by atoms with Crippen molar-refractivity contribution in [3.05, 3.63) is 106 Å². The summed E-state index contributed by atoms with van der Waals surface area (Å²) in [6.07, 6.45) is 4.74. The number of carbonyl (C=O) groups is 1. The molecule has 3 aromatic carbocycles. The number of fused-ring (bicyclic) bond motifs is 1. The molecule has 0 radical (unpaired) electrons. The van der Waals surface area contributed by atoms with Crippen molar-refractivity contribution in [3.8, 4) is 5.75 Å². The molecule has 4 heteroatoms. The molecule has 0 unspecified atom stereocenters. The second-order valence-corrected chi connectivity index (χ2v) is 7.41. The van der Waals surface area contributed by atoms with E-state index in [4.69, 9.17) is 4.74 Å². The van der Waals surface area contributed by atoms with Crippen molar-refractivity contribution in [3.63, 3.8) is 0 Å². The molecule has 31 heavy (non-hydrogen) atoms. The second kappa shape index (κ2) is 9.00. The van der Waals surface area contributed by atoms with Gasteiger partial charge in [0.15, 0.2) is 0 Å². The van der Waals surface area contributed by atoms with Gasteiger partial charge in [0.25, 0.3) is 0 Å². The summed E-state index contributed by atoms with van der Waals surface area (Å²) in [6, 6.07) is 20.0. The fourth-order valence-corrected chi connectivity index (χ4v) is 3.96. The first-order chi connectivity index (χ1) is 15.0. The number of ether oxygens (including phenoxy) is 1. The summed E-state index contributed by atoms with van der Waals surface area (Å²) < 4.78 is 18.4. The highest BCUT2D eigenvalue weighted by Gasteiger charge is 2.22. The third-order valence-electron chi connectivity index (χ3n) is 5.39. The molecule has 4 rings (SSSR count). The van der Waals surface area contributed by atoms with Crippen LogP contribution in [0.5, 0.6) is 5.75 Å². The second-order valence-electron chi connectivity index (χ2n) is 7.41. The lowest BCUT2D eigenvalue weighted by atomic mass is 9.79. The number of rotatable bonds is 5. The molecule has 0 amide bonds. The summed E-state index contributed by atoms with van der Waals surface area (Å²) in [5.41, 5.74) is 7.29. The molecule has 0 atom stereocenters. The number of hydrogen-bond acceptors (Lipinski definition) is 3. The number of hydrogen-bond donors (Lipinski definition) is 1. The minimum Gasteiger partial charge on any atom is -0.508 e. The number of carbonyl (C=O) groups excluding carboxylic acids is 1. The number of aryl methyl sites for hydroxylation is 1. The summed E-state index contributed by atoms with van der Waals surface area (Å²) >= 11 is 0. The van der Waals surface area contributed by atoms with Crippen LogP contribution >= 0.6 is 0 Å². The minimum atomic E-state index is -0.367. The van der Waals surface area contributed by atoms with Crippen LogP contribution in [0.15, 0.2) is 72.8 Å². The van der Waals surface area contributed by atoms with Gasteiger partial charge in [0.2, 0.25) is 0 Å². The highest BCUT2D eigenvalue weighted by Crippen LogP contribution is 2.41. The van der Waals surface area contributed by atoms with E-state index in [9.17, 15) is 14.3 Å². The highest BCUT2D eigenvalue weighted by molar-refractivity contribution is 6.01. The number of allylic oxidation sites excluding steroid dienone is 1. The Hall–Kier alpha value is -3.66. The topological polar surface area (TPSA) is 46.5 Å². The molecule has 1 N–H and O–H groups in total. The molecule has 0 heterocycles.